The van der Waals surface area contributed by atoms with E-state index in [4.69, 9.17) is 9.47 Å². The van der Waals surface area contributed by atoms with Crippen molar-refractivity contribution in [3.05, 3.63) is 59.7 Å². The highest BCUT2D eigenvalue weighted by atomic mass is 16.5. The minimum atomic E-state index is 0.173. The van der Waals surface area contributed by atoms with Crippen molar-refractivity contribution < 1.29 is 14.3 Å². The summed E-state index contributed by atoms with van der Waals surface area (Å²) in [5, 5.41) is 0. The minimum Gasteiger partial charge on any atom is -0.497 e. The maximum absolute atomic E-state index is 12.7. The number of rotatable bonds is 9. The molecule has 0 spiro atoms. The zero-order valence-electron chi connectivity index (χ0n) is 18.5. The fourth-order valence-electron chi connectivity index (χ4n) is 4.23. The molecule has 1 aliphatic heterocycles. The number of para-hydroxylation sites is 1. The lowest BCUT2D eigenvalue weighted by Crippen LogP contribution is -2.42. The first-order valence-electron chi connectivity index (χ1n) is 10.8. The van der Waals surface area contributed by atoms with E-state index in [1.807, 2.05) is 48.3 Å². The normalized spacial score (nSPS) is 16.8. The van der Waals surface area contributed by atoms with Crippen LogP contribution in [0, 0.1) is 5.92 Å². The predicted octanol–water partition coefficient (Wildman–Crippen LogP) is 3.66. The molecule has 162 valence electrons. The van der Waals surface area contributed by atoms with Crippen LogP contribution in [-0.2, 0) is 17.6 Å². The molecular formula is C25H34N2O3. The van der Waals surface area contributed by atoms with Gasteiger partial charge in [-0.05, 0) is 61.1 Å². The summed E-state index contributed by atoms with van der Waals surface area (Å²) >= 11 is 0. The summed E-state index contributed by atoms with van der Waals surface area (Å²) in [7, 11) is 5.31. The maximum Gasteiger partial charge on any atom is 0.226 e. The number of nitrogens with zero attached hydrogens (tertiary/aromatic N) is 2. The van der Waals surface area contributed by atoms with E-state index >= 15 is 0 Å². The van der Waals surface area contributed by atoms with E-state index in [2.05, 4.69) is 17.0 Å². The van der Waals surface area contributed by atoms with Gasteiger partial charge in [0, 0.05) is 26.7 Å². The van der Waals surface area contributed by atoms with Gasteiger partial charge in [0.25, 0.3) is 0 Å². The third kappa shape index (κ3) is 6.23. The van der Waals surface area contributed by atoms with Gasteiger partial charge in [0.2, 0.25) is 5.91 Å². The van der Waals surface area contributed by atoms with Gasteiger partial charge in [-0.2, -0.15) is 0 Å². The van der Waals surface area contributed by atoms with Crippen LogP contribution in [0.4, 0.5) is 0 Å². The Morgan fingerprint density at radius 2 is 1.87 bits per heavy atom. The molecule has 0 aliphatic carbocycles. The zero-order valence-corrected chi connectivity index (χ0v) is 18.5. The second kappa shape index (κ2) is 11.0. The lowest BCUT2D eigenvalue weighted by atomic mass is 9.96. The summed E-state index contributed by atoms with van der Waals surface area (Å²) < 4.78 is 10.7. The van der Waals surface area contributed by atoms with Crippen LogP contribution in [0.5, 0.6) is 11.5 Å². The van der Waals surface area contributed by atoms with Gasteiger partial charge in [0.15, 0.2) is 0 Å². The first-order valence-corrected chi connectivity index (χ1v) is 10.8. The molecule has 1 amide bonds. The van der Waals surface area contributed by atoms with Gasteiger partial charge in [-0.15, -0.1) is 0 Å². The third-order valence-electron chi connectivity index (χ3n) is 5.97. The Bertz CT molecular complexity index is 806. The van der Waals surface area contributed by atoms with Crippen molar-refractivity contribution in [3.63, 3.8) is 0 Å². The molecule has 30 heavy (non-hydrogen) atoms. The van der Waals surface area contributed by atoms with E-state index in [-0.39, 0.29) is 5.91 Å². The molecule has 2 aromatic rings. The maximum atomic E-state index is 12.7. The van der Waals surface area contributed by atoms with Crippen LogP contribution in [0.3, 0.4) is 0 Å². The third-order valence-corrected chi connectivity index (χ3v) is 5.97. The van der Waals surface area contributed by atoms with Crippen LogP contribution < -0.4 is 9.47 Å². The number of methoxy groups -OCH3 is 2. The first-order chi connectivity index (χ1) is 14.6. The number of carbonyl (C=O) groups is 1. The molecule has 0 radical (unpaired) electrons. The Labute approximate surface area is 180 Å². The molecule has 3 rings (SSSR count). The van der Waals surface area contributed by atoms with Gasteiger partial charge in [-0.3, -0.25) is 4.79 Å². The number of carbonyl (C=O) groups excluding carboxylic acids is 1. The Morgan fingerprint density at radius 1 is 1.10 bits per heavy atom. The van der Waals surface area contributed by atoms with Gasteiger partial charge in [-0.1, -0.05) is 30.3 Å². The summed E-state index contributed by atoms with van der Waals surface area (Å²) in [6.07, 6.45) is 3.80. The molecule has 0 saturated carbocycles. The number of hydrogen-bond donors (Lipinski definition) is 0. The largest absolute Gasteiger partial charge is 0.497 e. The van der Waals surface area contributed by atoms with E-state index in [0.717, 1.165) is 49.7 Å². The van der Waals surface area contributed by atoms with Crippen LogP contribution in [0.1, 0.15) is 24.0 Å². The number of ether oxygens (including phenoxy) is 2. The molecule has 1 unspecified atom stereocenters. The van der Waals surface area contributed by atoms with Crippen LogP contribution >= 0.6 is 0 Å². The van der Waals surface area contributed by atoms with E-state index in [1.165, 1.54) is 18.4 Å². The quantitative estimate of drug-likeness (QED) is 0.633. The molecule has 0 bridgehead atoms. The second-order valence-electron chi connectivity index (χ2n) is 8.17. The summed E-state index contributed by atoms with van der Waals surface area (Å²) in [4.78, 5) is 17.1. The standard InChI is InChI=1S/C25H34N2O3/c1-26(25(28)17-20-10-12-23(29-2)13-11-20)18-21-7-6-15-27(19-21)16-14-22-8-4-5-9-24(22)30-3/h4-5,8-13,21H,6-7,14-19H2,1-3H3. The Kier molecular flexibility index (Phi) is 8.14. The van der Waals surface area contributed by atoms with Crippen LogP contribution in [0.15, 0.2) is 48.5 Å². The van der Waals surface area contributed by atoms with Crippen molar-refractivity contribution in [1.82, 2.24) is 9.80 Å². The SMILES string of the molecule is COc1ccc(CC(=O)N(C)CC2CCCN(CCc3ccccc3OC)C2)cc1. The second-order valence-corrected chi connectivity index (χ2v) is 8.17. The highest BCUT2D eigenvalue weighted by molar-refractivity contribution is 5.78. The molecule has 5 heteroatoms. The zero-order chi connectivity index (χ0) is 21.3. The number of amides is 1. The number of hydrogen-bond acceptors (Lipinski definition) is 4. The molecule has 2 aromatic carbocycles. The molecule has 0 aromatic heterocycles. The van der Waals surface area contributed by atoms with Crippen LogP contribution in [0.25, 0.3) is 0 Å². The smallest absolute Gasteiger partial charge is 0.226 e. The summed E-state index contributed by atoms with van der Waals surface area (Å²) in [5.41, 5.74) is 2.28. The average molecular weight is 411 g/mol. The fourth-order valence-corrected chi connectivity index (χ4v) is 4.23. The van der Waals surface area contributed by atoms with Gasteiger partial charge >= 0.3 is 0 Å². The number of likely N-dealkylation sites (tertiary alicyclic amines) is 1. The van der Waals surface area contributed by atoms with Gasteiger partial charge < -0.3 is 19.3 Å². The van der Waals surface area contributed by atoms with Gasteiger partial charge in [0.1, 0.15) is 11.5 Å². The highest BCUT2D eigenvalue weighted by Gasteiger charge is 2.23. The van der Waals surface area contributed by atoms with E-state index in [0.29, 0.717) is 12.3 Å². The summed E-state index contributed by atoms with van der Waals surface area (Å²) in [6, 6.07) is 16.0. The van der Waals surface area contributed by atoms with E-state index in [1.54, 1.807) is 14.2 Å². The number of benzene rings is 2. The van der Waals surface area contributed by atoms with Crippen molar-refractivity contribution in [2.24, 2.45) is 5.92 Å². The molecule has 1 atom stereocenters. The molecule has 1 fully saturated rings. The van der Waals surface area contributed by atoms with E-state index < -0.39 is 0 Å². The van der Waals surface area contributed by atoms with Crippen LogP contribution in [-0.4, -0.2) is 63.2 Å². The average Bonchev–Trinajstić information content (AvgIpc) is 2.78. The summed E-state index contributed by atoms with van der Waals surface area (Å²) in [5.74, 6) is 2.48. The highest BCUT2D eigenvalue weighted by Crippen LogP contribution is 2.21. The van der Waals surface area contributed by atoms with E-state index in [9.17, 15) is 4.79 Å². The Hall–Kier alpha value is -2.53. The lowest BCUT2D eigenvalue weighted by molar-refractivity contribution is -0.130. The van der Waals surface area contributed by atoms with Crippen molar-refractivity contribution in [1.29, 1.82) is 0 Å². The number of piperidine rings is 1. The Balaban J connectivity index is 1.46. The predicted molar refractivity (Wildman–Crippen MR) is 120 cm³/mol. The molecule has 5 nitrogen and oxygen atoms in total. The van der Waals surface area contributed by atoms with Crippen molar-refractivity contribution >= 4 is 5.91 Å². The van der Waals surface area contributed by atoms with Crippen molar-refractivity contribution in [2.45, 2.75) is 25.7 Å². The Morgan fingerprint density at radius 3 is 2.60 bits per heavy atom. The monoisotopic (exact) mass is 410 g/mol. The molecular weight excluding hydrogens is 376 g/mol. The molecule has 1 saturated heterocycles. The number of likely N-dealkylation sites (N-methyl/N-ethyl adjacent to an activating group) is 1. The van der Waals surface area contributed by atoms with Crippen molar-refractivity contribution in [2.75, 3.05) is 47.4 Å². The summed E-state index contributed by atoms with van der Waals surface area (Å²) in [6.45, 7) is 4.03. The molecule has 1 heterocycles. The van der Waals surface area contributed by atoms with Gasteiger partial charge in [-0.25, -0.2) is 0 Å². The van der Waals surface area contributed by atoms with Crippen molar-refractivity contribution in [3.8, 4) is 11.5 Å². The topological polar surface area (TPSA) is 42.0 Å². The lowest BCUT2D eigenvalue weighted by Gasteiger charge is -2.35. The van der Waals surface area contributed by atoms with Crippen LogP contribution in [0.2, 0.25) is 0 Å². The first kappa shape index (κ1) is 22.2. The fraction of sp³-hybridized carbons (Fsp3) is 0.480. The minimum absolute atomic E-state index is 0.173. The molecule has 1 aliphatic rings. The molecule has 0 N–H and O–H groups in total. The van der Waals surface area contributed by atoms with Gasteiger partial charge in [0.05, 0.1) is 20.6 Å².